The van der Waals surface area contributed by atoms with Gasteiger partial charge in [-0.15, -0.1) is 11.3 Å². The highest BCUT2D eigenvalue weighted by Crippen LogP contribution is 2.35. The standard InChI is InChI=1S/C18H19NOS/c1-3-20-16-10-5-4-8-14(16)17(19-2)15-9-6-7-13-11-12-21-18(13)15/h4-12,17,19H,3H2,1-2H3. The van der Waals surface area contributed by atoms with E-state index in [2.05, 4.69) is 47.1 Å². The molecular weight excluding hydrogens is 278 g/mol. The van der Waals surface area contributed by atoms with E-state index in [1.165, 1.54) is 21.2 Å². The van der Waals surface area contributed by atoms with Crippen LogP contribution in [-0.4, -0.2) is 13.7 Å². The van der Waals surface area contributed by atoms with Crippen LogP contribution >= 0.6 is 11.3 Å². The maximum atomic E-state index is 5.80. The summed E-state index contributed by atoms with van der Waals surface area (Å²) in [5, 5.41) is 6.89. The molecule has 2 aromatic carbocycles. The van der Waals surface area contributed by atoms with Crippen molar-refractivity contribution in [2.45, 2.75) is 13.0 Å². The molecule has 108 valence electrons. The number of rotatable bonds is 5. The van der Waals surface area contributed by atoms with Gasteiger partial charge in [0.1, 0.15) is 5.75 Å². The highest BCUT2D eigenvalue weighted by molar-refractivity contribution is 7.17. The number of benzene rings is 2. The number of thiophene rings is 1. The van der Waals surface area contributed by atoms with E-state index in [0.29, 0.717) is 6.61 Å². The second-order valence-electron chi connectivity index (χ2n) is 4.88. The van der Waals surface area contributed by atoms with Crippen molar-refractivity contribution in [1.29, 1.82) is 0 Å². The summed E-state index contributed by atoms with van der Waals surface area (Å²) in [7, 11) is 2.00. The van der Waals surface area contributed by atoms with Crippen molar-refractivity contribution < 1.29 is 4.74 Å². The van der Waals surface area contributed by atoms with Crippen molar-refractivity contribution in [2.24, 2.45) is 0 Å². The van der Waals surface area contributed by atoms with E-state index in [0.717, 1.165) is 5.75 Å². The van der Waals surface area contributed by atoms with E-state index in [9.17, 15) is 0 Å². The van der Waals surface area contributed by atoms with Crippen molar-refractivity contribution in [1.82, 2.24) is 5.32 Å². The Morgan fingerprint density at radius 3 is 2.67 bits per heavy atom. The third-order valence-corrected chi connectivity index (χ3v) is 4.62. The monoisotopic (exact) mass is 297 g/mol. The van der Waals surface area contributed by atoms with Crippen molar-refractivity contribution in [3.8, 4) is 5.75 Å². The number of para-hydroxylation sites is 1. The first kappa shape index (κ1) is 14.1. The zero-order valence-corrected chi connectivity index (χ0v) is 13.1. The molecule has 0 amide bonds. The summed E-state index contributed by atoms with van der Waals surface area (Å²) in [5.74, 6) is 0.952. The van der Waals surface area contributed by atoms with Crippen molar-refractivity contribution in [3.63, 3.8) is 0 Å². The summed E-state index contributed by atoms with van der Waals surface area (Å²) in [6, 6.07) is 17.1. The highest BCUT2D eigenvalue weighted by atomic mass is 32.1. The number of hydrogen-bond donors (Lipinski definition) is 1. The van der Waals surface area contributed by atoms with Crippen LogP contribution in [0.4, 0.5) is 0 Å². The second-order valence-corrected chi connectivity index (χ2v) is 5.79. The van der Waals surface area contributed by atoms with Crippen LogP contribution in [0.5, 0.6) is 5.75 Å². The summed E-state index contributed by atoms with van der Waals surface area (Å²) >= 11 is 1.79. The van der Waals surface area contributed by atoms with Gasteiger partial charge in [0.05, 0.1) is 12.6 Å². The van der Waals surface area contributed by atoms with Gasteiger partial charge in [0.25, 0.3) is 0 Å². The van der Waals surface area contributed by atoms with E-state index in [-0.39, 0.29) is 6.04 Å². The van der Waals surface area contributed by atoms with E-state index in [1.54, 1.807) is 11.3 Å². The number of ether oxygens (including phenoxy) is 1. The lowest BCUT2D eigenvalue weighted by Gasteiger charge is -2.21. The molecule has 0 fully saturated rings. The van der Waals surface area contributed by atoms with E-state index >= 15 is 0 Å². The minimum Gasteiger partial charge on any atom is -0.494 e. The number of hydrogen-bond acceptors (Lipinski definition) is 3. The maximum absolute atomic E-state index is 5.80. The van der Waals surface area contributed by atoms with Gasteiger partial charge in [-0.3, -0.25) is 0 Å². The third kappa shape index (κ3) is 2.67. The Morgan fingerprint density at radius 2 is 1.86 bits per heavy atom. The average Bonchev–Trinajstić information content (AvgIpc) is 2.99. The molecule has 3 aromatic rings. The van der Waals surface area contributed by atoms with Gasteiger partial charge in [-0.2, -0.15) is 0 Å². The SMILES string of the molecule is CCOc1ccccc1C(NC)c1cccc2ccsc12. The Hall–Kier alpha value is -1.84. The highest BCUT2D eigenvalue weighted by Gasteiger charge is 2.18. The molecule has 1 heterocycles. The lowest BCUT2D eigenvalue weighted by atomic mass is 9.97. The summed E-state index contributed by atoms with van der Waals surface area (Å²) in [6.45, 7) is 2.70. The normalized spacial score (nSPS) is 12.5. The molecule has 1 N–H and O–H groups in total. The molecule has 3 heteroatoms. The van der Waals surface area contributed by atoms with Gasteiger partial charge in [0.15, 0.2) is 0 Å². The molecular formula is C18H19NOS. The van der Waals surface area contributed by atoms with Crippen LogP contribution in [-0.2, 0) is 0 Å². The quantitative estimate of drug-likeness (QED) is 0.742. The Labute approximate surface area is 129 Å². The fraction of sp³-hybridized carbons (Fsp3) is 0.222. The number of nitrogens with one attached hydrogen (secondary N) is 1. The van der Waals surface area contributed by atoms with Crippen LogP contribution in [0.15, 0.2) is 53.9 Å². The Balaban J connectivity index is 2.12. The Morgan fingerprint density at radius 1 is 1.05 bits per heavy atom. The molecule has 0 saturated carbocycles. The van der Waals surface area contributed by atoms with E-state index in [4.69, 9.17) is 4.74 Å². The smallest absolute Gasteiger partial charge is 0.124 e. The average molecular weight is 297 g/mol. The topological polar surface area (TPSA) is 21.3 Å². The summed E-state index contributed by atoms with van der Waals surface area (Å²) in [5.41, 5.74) is 2.49. The molecule has 1 unspecified atom stereocenters. The minimum absolute atomic E-state index is 0.134. The molecule has 0 aliphatic heterocycles. The van der Waals surface area contributed by atoms with Crippen LogP contribution in [0, 0.1) is 0 Å². The first-order chi connectivity index (χ1) is 10.3. The lowest BCUT2D eigenvalue weighted by molar-refractivity contribution is 0.334. The molecule has 3 rings (SSSR count). The van der Waals surface area contributed by atoms with Gasteiger partial charge in [0.2, 0.25) is 0 Å². The predicted octanol–water partition coefficient (Wildman–Crippen LogP) is 4.61. The second kappa shape index (κ2) is 6.29. The van der Waals surface area contributed by atoms with Crippen molar-refractivity contribution in [2.75, 3.05) is 13.7 Å². The van der Waals surface area contributed by atoms with Crippen molar-refractivity contribution in [3.05, 3.63) is 65.0 Å². The minimum atomic E-state index is 0.134. The molecule has 1 atom stereocenters. The molecule has 1 aromatic heterocycles. The molecule has 0 radical (unpaired) electrons. The van der Waals surface area contributed by atoms with Gasteiger partial charge in [0, 0.05) is 10.3 Å². The van der Waals surface area contributed by atoms with Gasteiger partial charge in [-0.25, -0.2) is 0 Å². The van der Waals surface area contributed by atoms with Gasteiger partial charge >= 0.3 is 0 Å². The lowest BCUT2D eigenvalue weighted by Crippen LogP contribution is -2.18. The van der Waals surface area contributed by atoms with Crippen LogP contribution in [0.25, 0.3) is 10.1 Å². The van der Waals surface area contributed by atoms with E-state index in [1.807, 2.05) is 26.1 Å². The molecule has 0 saturated heterocycles. The van der Waals surface area contributed by atoms with Gasteiger partial charge in [-0.05, 0) is 42.4 Å². The maximum Gasteiger partial charge on any atom is 0.124 e. The van der Waals surface area contributed by atoms with Crippen LogP contribution in [0.1, 0.15) is 24.1 Å². The van der Waals surface area contributed by atoms with Crippen molar-refractivity contribution >= 4 is 21.4 Å². The zero-order chi connectivity index (χ0) is 14.7. The first-order valence-electron chi connectivity index (χ1n) is 7.20. The molecule has 0 aliphatic carbocycles. The van der Waals surface area contributed by atoms with Gasteiger partial charge in [-0.1, -0.05) is 36.4 Å². The summed E-state index contributed by atoms with van der Waals surface area (Å²) in [4.78, 5) is 0. The molecule has 0 bridgehead atoms. The summed E-state index contributed by atoms with van der Waals surface area (Å²) < 4.78 is 7.13. The Bertz CT molecular complexity index is 735. The fourth-order valence-electron chi connectivity index (χ4n) is 2.73. The van der Waals surface area contributed by atoms with Crippen LogP contribution in [0.3, 0.4) is 0 Å². The fourth-order valence-corrected chi connectivity index (χ4v) is 3.67. The van der Waals surface area contributed by atoms with Crippen LogP contribution < -0.4 is 10.1 Å². The molecule has 0 spiro atoms. The molecule has 21 heavy (non-hydrogen) atoms. The third-order valence-electron chi connectivity index (χ3n) is 3.64. The Kier molecular flexibility index (Phi) is 4.23. The zero-order valence-electron chi connectivity index (χ0n) is 12.3. The first-order valence-corrected chi connectivity index (χ1v) is 8.08. The van der Waals surface area contributed by atoms with Gasteiger partial charge < -0.3 is 10.1 Å². The number of fused-ring (bicyclic) bond motifs is 1. The van der Waals surface area contributed by atoms with Crippen LogP contribution in [0.2, 0.25) is 0 Å². The predicted molar refractivity (Wildman–Crippen MR) is 90.3 cm³/mol. The summed E-state index contributed by atoms with van der Waals surface area (Å²) in [6.07, 6.45) is 0. The molecule has 2 nitrogen and oxygen atoms in total. The molecule has 0 aliphatic rings. The largest absolute Gasteiger partial charge is 0.494 e. The van der Waals surface area contributed by atoms with E-state index < -0.39 is 0 Å².